The van der Waals surface area contributed by atoms with Gasteiger partial charge in [0.25, 0.3) is 5.91 Å². The maximum atomic E-state index is 12.1. The quantitative estimate of drug-likeness (QED) is 0.750. The lowest BCUT2D eigenvalue weighted by molar-refractivity contribution is 0.0915. The summed E-state index contributed by atoms with van der Waals surface area (Å²) in [6.45, 7) is 5.10. The molecule has 20 heavy (non-hydrogen) atoms. The van der Waals surface area contributed by atoms with Crippen molar-refractivity contribution in [1.82, 2.24) is 5.32 Å². The Bertz CT molecular complexity index is 425. The third-order valence-corrected chi connectivity index (χ3v) is 2.61. The molecule has 0 unspecified atom stereocenters. The van der Waals surface area contributed by atoms with E-state index < -0.39 is 5.54 Å². The van der Waals surface area contributed by atoms with Gasteiger partial charge in [0.1, 0.15) is 12.4 Å². The van der Waals surface area contributed by atoms with Crippen LogP contribution in [0.3, 0.4) is 0 Å². The third kappa shape index (κ3) is 6.23. The maximum absolute atomic E-state index is 12.1. The molecule has 114 valence electrons. The number of carbonyl (C=O) groups excluding carboxylic acids is 1. The topological polar surface area (TPSA) is 73.6 Å². The van der Waals surface area contributed by atoms with Crippen LogP contribution in [0.2, 0.25) is 0 Å². The molecule has 1 aromatic rings. The summed E-state index contributed by atoms with van der Waals surface area (Å²) >= 11 is 0. The van der Waals surface area contributed by atoms with Crippen LogP contribution in [0.25, 0.3) is 0 Å². The summed E-state index contributed by atoms with van der Waals surface area (Å²) in [7, 11) is 1.61. The Morgan fingerprint density at radius 3 is 2.65 bits per heavy atom. The van der Waals surface area contributed by atoms with Gasteiger partial charge in [0, 0.05) is 24.8 Å². The molecule has 6 heteroatoms. The predicted octanol–water partition coefficient (Wildman–Crippen LogP) is 1.60. The van der Waals surface area contributed by atoms with E-state index in [0.29, 0.717) is 31.1 Å². The number of rotatable bonds is 7. The fourth-order valence-corrected chi connectivity index (χ4v) is 1.40. The van der Waals surface area contributed by atoms with E-state index in [2.05, 4.69) is 5.32 Å². The molecule has 0 bridgehead atoms. The fraction of sp³-hybridized carbons (Fsp3) is 0.500. The van der Waals surface area contributed by atoms with E-state index in [1.165, 1.54) is 0 Å². The summed E-state index contributed by atoms with van der Waals surface area (Å²) < 4.78 is 10.4. The Balaban J connectivity index is 0.00000361. The van der Waals surface area contributed by atoms with Crippen molar-refractivity contribution in [1.29, 1.82) is 0 Å². The van der Waals surface area contributed by atoms with Crippen molar-refractivity contribution in [2.75, 3.05) is 26.9 Å². The van der Waals surface area contributed by atoms with Crippen LogP contribution < -0.4 is 15.8 Å². The lowest BCUT2D eigenvalue weighted by atomic mass is 10.1. The van der Waals surface area contributed by atoms with E-state index in [4.69, 9.17) is 15.2 Å². The van der Waals surface area contributed by atoms with Crippen LogP contribution in [-0.4, -0.2) is 38.3 Å². The lowest BCUT2D eigenvalue weighted by Crippen LogP contribution is -2.48. The molecule has 0 spiro atoms. The number of hydrogen-bond acceptors (Lipinski definition) is 4. The minimum Gasteiger partial charge on any atom is -0.491 e. The largest absolute Gasteiger partial charge is 0.491 e. The zero-order chi connectivity index (χ0) is 14.3. The zero-order valence-electron chi connectivity index (χ0n) is 12.1. The number of ether oxygens (including phenoxy) is 2. The molecular formula is C14H23ClN2O3. The highest BCUT2D eigenvalue weighted by Crippen LogP contribution is 2.14. The average molecular weight is 303 g/mol. The SMILES string of the molecule is COCCOc1cccc(C(=O)NC(C)(C)CN)c1.Cl. The van der Waals surface area contributed by atoms with Crippen LogP contribution in [0, 0.1) is 0 Å². The van der Waals surface area contributed by atoms with Gasteiger partial charge in [-0.05, 0) is 32.0 Å². The summed E-state index contributed by atoms with van der Waals surface area (Å²) in [6.07, 6.45) is 0. The minimum absolute atomic E-state index is 0. The van der Waals surface area contributed by atoms with Crippen LogP contribution in [0.4, 0.5) is 0 Å². The molecule has 5 nitrogen and oxygen atoms in total. The monoisotopic (exact) mass is 302 g/mol. The number of methoxy groups -OCH3 is 1. The number of halogens is 1. The second kappa shape index (κ2) is 8.79. The molecule has 0 aliphatic carbocycles. The first-order chi connectivity index (χ1) is 8.98. The first-order valence-corrected chi connectivity index (χ1v) is 6.23. The standard InChI is InChI=1S/C14H22N2O3.ClH/c1-14(2,10-15)16-13(17)11-5-4-6-12(9-11)19-8-7-18-3;/h4-6,9H,7-8,10,15H2,1-3H3,(H,16,17);1H. The van der Waals surface area contributed by atoms with Gasteiger partial charge in [-0.2, -0.15) is 0 Å². The summed E-state index contributed by atoms with van der Waals surface area (Å²) in [5.74, 6) is 0.489. The predicted molar refractivity (Wildman–Crippen MR) is 81.7 cm³/mol. The van der Waals surface area contributed by atoms with E-state index in [0.717, 1.165) is 0 Å². The first kappa shape index (κ1) is 18.7. The Morgan fingerprint density at radius 2 is 2.05 bits per heavy atom. The van der Waals surface area contributed by atoms with Gasteiger partial charge in [-0.3, -0.25) is 4.79 Å². The van der Waals surface area contributed by atoms with Crippen LogP contribution in [0.1, 0.15) is 24.2 Å². The van der Waals surface area contributed by atoms with Crippen LogP contribution in [0.5, 0.6) is 5.75 Å². The Morgan fingerprint density at radius 1 is 1.35 bits per heavy atom. The number of hydrogen-bond donors (Lipinski definition) is 2. The van der Waals surface area contributed by atoms with E-state index in [9.17, 15) is 4.79 Å². The highest BCUT2D eigenvalue weighted by atomic mass is 35.5. The number of nitrogens with one attached hydrogen (secondary N) is 1. The number of benzene rings is 1. The molecule has 0 saturated carbocycles. The maximum Gasteiger partial charge on any atom is 0.251 e. The first-order valence-electron chi connectivity index (χ1n) is 6.23. The van der Waals surface area contributed by atoms with Gasteiger partial charge < -0.3 is 20.5 Å². The normalized spacial score (nSPS) is 10.6. The molecule has 0 heterocycles. The van der Waals surface area contributed by atoms with Gasteiger partial charge in [-0.1, -0.05) is 6.07 Å². The third-order valence-electron chi connectivity index (χ3n) is 2.61. The Labute approximate surface area is 126 Å². The van der Waals surface area contributed by atoms with Gasteiger partial charge in [0.15, 0.2) is 0 Å². The molecule has 3 N–H and O–H groups in total. The van der Waals surface area contributed by atoms with E-state index in [1.807, 2.05) is 13.8 Å². The molecule has 1 rings (SSSR count). The number of carbonyl (C=O) groups is 1. The molecule has 1 amide bonds. The van der Waals surface area contributed by atoms with E-state index >= 15 is 0 Å². The second-order valence-electron chi connectivity index (χ2n) is 4.91. The minimum atomic E-state index is -0.427. The molecule has 0 aliphatic heterocycles. The van der Waals surface area contributed by atoms with Gasteiger partial charge in [-0.25, -0.2) is 0 Å². The Kier molecular flexibility index (Phi) is 8.22. The van der Waals surface area contributed by atoms with Crippen molar-refractivity contribution in [3.63, 3.8) is 0 Å². The van der Waals surface area contributed by atoms with Crippen LogP contribution in [0.15, 0.2) is 24.3 Å². The molecule has 0 fully saturated rings. The molecule has 0 radical (unpaired) electrons. The van der Waals surface area contributed by atoms with Gasteiger partial charge in [-0.15, -0.1) is 12.4 Å². The highest BCUT2D eigenvalue weighted by molar-refractivity contribution is 5.95. The highest BCUT2D eigenvalue weighted by Gasteiger charge is 2.19. The summed E-state index contributed by atoms with van der Waals surface area (Å²) in [5.41, 5.74) is 5.72. The van der Waals surface area contributed by atoms with E-state index in [-0.39, 0.29) is 18.3 Å². The smallest absolute Gasteiger partial charge is 0.251 e. The van der Waals surface area contributed by atoms with Crippen molar-refractivity contribution in [2.24, 2.45) is 5.73 Å². The molecule has 0 aliphatic rings. The van der Waals surface area contributed by atoms with Crippen molar-refractivity contribution in [3.8, 4) is 5.75 Å². The number of nitrogens with two attached hydrogens (primary N) is 1. The van der Waals surface area contributed by atoms with Crippen molar-refractivity contribution < 1.29 is 14.3 Å². The Hall–Kier alpha value is -1.30. The fourth-order valence-electron chi connectivity index (χ4n) is 1.40. The zero-order valence-corrected chi connectivity index (χ0v) is 13.0. The van der Waals surface area contributed by atoms with E-state index in [1.54, 1.807) is 31.4 Å². The van der Waals surface area contributed by atoms with Gasteiger partial charge >= 0.3 is 0 Å². The molecule has 0 atom stereocenters. The molecule has 1 aromatic carbocycles. The van der Waals surface area contributed by atoms with Crippen molar-refractivity contribution >= 4 is 18.3 Å². The molecule has 0 aromatic heterocycles. The lowest BCUT2D eigenvalue weighted by Gasteiger charge is -2.24. The second-order valence-corrected chi connectivity index (χ2v) is 4.91. The van der Waals surface area contributed by atoms with Crippen LogP contribution >= 0.6 is 12.4 Å². The molecule has 0 saturated heterocycles. The van der Waals surface area contributed by atoms with Gasteiger partial charge in [0.05, 0.1) is 6.61 Å². The summed E-state index contributed by atoms with van der Waals surface area (Å²) in [4.78, 5) is 12.1. The van der Waals surface area contributed by atoms with Gasteiger partial charge in [0.2, 0.25) is 0 Å². The molecular weight excluding hydrogens is 280 g/mol. The van der Waals surface area contributed by atoms with Crippen molar-refractivity contribution in [2.45, 2.75) is 19.4 Å². The average Bonchev–Trinajstić information content (AvgIpc) is 2.39. The summed E-state index contributed by atoms with van der Waals surface area (Å²) in [5, 5.41) is 2.87. The van der Waals surface area contributed by atoms with Crippen LogP contribution in [-0.2, 0) is 4.74 Å². The van der Waals surface area contributed by atoms with Crippen molar-refractivity contribution in [3.05, 3.63) is 29.8 Å². The summed E-state index contributed by atoms with van der Waals surface area (Å²) in [6, 6.07) is 7.04. The number of amides is 1.